The van der Waals surface area contributed by atoms with Gasteiger partial charge in [0, 0.05) is 6.42 Å². The lowest BCUT2D eigenvalue weighted by Gasteiger charge is -2.24. The number of carboxylic acid groups (broad SMARTS) is 1. The lowest BCUT2D eigenvalue weighted by atomic mass is 10.0. The molecule has 13 heteroatoms. The van der Waals surface area contributed by atoms with Crippen LogP contribution in [0.5, 0.6) is 5.75 Å². The zero-order chi connectivity index (χ0) is 27.4. The van der Waals surface area contributed by atoms with Gasteiger partial charge in [-0.1, -0.05) is 26.0 Å². The van der Waals surface area contributed by atoms with E-state index in [0.29, 0.717) is 5.56 Å². The van der Waals surface area contributed by atoms with E-state index in [9.17, 15) is 39.3 Å². The van der Waals surface area contributed by atoms with Crippen molar-refractivity contribution >= 4 is 29.6 Å². The van der Waals surface area contributed by atoms with Crippen LogP contribution in [-0.4, -0.2) is 75.7 Å². The smallest absolute Gasteiger partial charge is 0.326 e. The van der Waals surface area contributed by atoms with Crippen LogP contribution in [-0.2, 0) is 30.4 Å². The molecule has 0 aromatic heterocycles. The van der Waals surface area contributed by atoms with Crippen LogP contribution in [0.1, 0.15) is 38.7 Å². The standard InChI is InChI=1S/C23H35N5O8/c1-12(2)9-17(23(35)36)27-22(34)18(11-29)28-21(33)16(7-8-19(25)31)26-20(32)15(24)10-13-3-5-14(30)6-4-13/h3-6,12,15-18,29-30H,7-11,24H2,1-2H3,(H2,25,31)(H,26,32)(H,27,34)(H,28,33)(H,35,36). The summed E-state index contributed by atoms with van der Waals surface area (Å²) in [5, 5.41) is 35.2. The van der Waals surface area contributed by atoms with Crippen molar-refractivity contribution in [2.45, 2.75) is 63.7 Å². The largest absolute Gasteiger partial charge is 0.508 e. The number of aliphatic hydroxyl groups is 1. The summed E-state index contributed by atoms with van der Waals surface area (Å²) < 4.78 is 0. The van der Waals surface area contributed by atoms with Crippen molar-refractivity contribution in [2.24, 2.45) is 17.4 Å². The van der Waals surface area contributed by atoms with Crippen molar-refractivity contribution in [3.05, 3.63) is 29.8 Å². The zero-order valence-corrected chi connectivity index (χ0v) is 20.3. The number of hydrogen-bond acceptors (Lipinski definition) is 8. The molecule has 13 nitrogen and oxygen atoms in total. The molecule has 0 saturated heterocycles. The molecule has 0 spiro atoms. The molecule has 0 bridgehead atoms. The Morgan fingerprint density at radius 1 is 0.889 bits per heavy atom. The maximum absolute atomic E-state index is 12.8. The number of benzene rings is 1. The monoisotopic (exact) mass is 509 g/mol. The van der Waals surface area contributed by atoms with Gasteiger partial charge in [0.2, 0.25) is 23.6 Å². The van der Waals surface area contributed by atoms with Gasteiger partial charge in [-0.3, -0.25) is 19.2 Å². The Kier molecular flexibility index (Phi) is 12.3. The molecular formula is C23H35N5O8. The van der Waals surface area contributed by atoms with Crippen LogP contribution in [0.25, 0.3) is 0 Å². The molecule has 0 fully saturated rings. The minimum absolute atomic E-state index is 0.0429. The van der Waals surface area contributed by atoms with E-state index in [1.54, 1.807) is 26.0 Å². The molecule has 36 heavy (non-hydrogen) atoms. The van der Waals surface area contributed by atoms with Gasteiger partial charge in [0.1, 0.15) is 23.9 Å². The number of aliphatic carboxylic acids is 1. The predicted molar refractivity (Wildman–Crippen MR) is 128 cm³/mol. The van der Waals surface area contributed by atoms with Gasteiger partial charge in [-0.25, -0.2) is 4.79 Å². The summed E-state index contributed by atoms with van der Waals surface area (Å²) in [4.78, 5) is 60.6. The molecule has 4 atom stereocenters. The molecule has 0 saturated carbocycles. The van der Waals surface area contributed by atoms with E-state index in [4.69, 9.17) is 11.5 Å². The molecule has 10 N–H and O–H groups in total. The first-order valence-corrected chi connectivity index (χ1v) is 11.4. The number of aliphatic hydroxyl groups excluding tert-OH is 1. The summed E-state index contributed by atoms with van der Waals surface area (Å²) in [5.41, 5.74) is 11.7. The molecule has 0 radical (unpaired) electrons. The average molecular weight is 510 g/mol. The van der Waals surface area contributed by atoms with E-state index < -0.39 is 60.4 Å². The van der Waals surface area contributed by atoms with Gasteiger partial charge in [-0.2, -0.15) is 0 Å². The highest BCUT2D eigenvalue weighted by molar-refractivity contribution is 5.94. The van der Waals surface area contributed by atoms with Crippen LogP contribution in [0, 0.1) is 5.92 Å². The number of rotatable bonds is 15. The average Bonchev–Trinajstić information content (AvgIpc) is 2.80. The maximum Gasteiger partial charge on any atom is 0.326 e. The van der Waals surface area contributed by atoms with E-state index >= 15 is 0 Å². The van der Waals surface area contributed by atoms with E-state index in [2.05, 4.69) is 16.0 Å². The molecule has 200 valence electrons. The number of amides is 4. The Labute approximate surface area is 208 Å². The normalized spacial score (nSPS) is 14.2. The molecule has 4 unspecified atom stereocenters. The molecule has 4 amide bonds. The predicted octanol–water partition coefficient (Wildman–Crippen LogP) is -1.90. The van der Waals surface area contributed by atoms with Crippen LogP contribution in [0.3, 0.4) is 0 Å². The van der Waals surface area contributed by atoms with Crippen molar-refractivity contribution < 1.29 is 39.3 Å². The highest BCUT2D eigenvalue weighted by Gasteiger charge is 2.30. The topological polar surface area (TPSA) is 234 Å². The lowest BCUT2D eigenvalue weighted by Crippen LogP contribution is -2.58. The molecule has 0 aliphatic rings. The molecule has 0 aliphatic carbocycles. The first kappa shape index (κ1) is 30.3. The number of phenolic OH excluding ortho intramolecular Hbond substituents is 1. The van der Waals surface area contributed by atoms with Gasteiger partial charge < -0.3 is 42.7 Å². The third-order valence-corrected chi connectivity index (χ3v) is 5.18. The number of nitrogens with one attached hydrogen (secondary N) is 3. The van der Waals surface area contributed by atoms with Crippen molar-refractivity contribution in [1.29, 1.82) is 0 Å². The summed E-state index contributed by atoms with van der Waals surface area (Å²) in [6.07, 6.45) is -0.255. The lowest BCUT2D eigenvalue weighted by molar-refractivity contribution is -0.143. The Morgan fingerprint density at radius 3 is 1.92 bits per heavy atom. The van der Waals surface area contributed by atoms with Crippen LogP contribution in [0.2, 0.25) is 0 Å². The second-order valence-corrected chi connectivity index (χ2v) is 8.82. The summed E-state index contributed by atoms with van der Waals surface area (Å²) in [5.74, 6) is -4.55. The van der Waals surface area contributed by atoms with Crippen LogP contribution in [0.15, 0.2) is 24.3 Å². The van der Waals surface area contributed by atoms with E-state index in [-0.39, 0.29) is 37.4 Å². The summed E-state index contributed by atoms with van der Waals surface area (Å²) in [6.45, 7) is 2.69. The van der Waals surface area contributed by atoms with Crippen LogP contribution < -0.4 is 27.4 Å². The fourth-order valence-electron chi connectivity index (χ4n) is 3.24. The van der Waals surface area contributed by atoms with Crippen molar-refractivity contribution in [3.8, 4) is 5.75 Å². The second-order valence-electron chi connectivity index (χ2n) is 8.82. The maximum atomic E-state index is 12.8. The Hall–Kier alpha value is -3.71. The number of carboxylic acids is 1. The number of carbonyl (C=O) groups excluding carboxylic acids is 4. The van der Waals surface area contributed by atoms with Gasteiger partial charge in [-0.05, 0) is 42.9 Å². The Morgan fingerprint density at radius 2 is 1.42 bits per heavy atom. The second kappa shape index (κ2) is 14.6. The number of carbonyl (C=O) groups is 5. The zero-order valence-electron chi connectivity index (χ0n) is 20.3. The summed E-state index contributed by atoms with van der Waals surface area (Å²) >= 11 is 0. The highest BCUT2D eigenvalue weighted by Crippen LogP contribution is 2.11. The first-order chi connectivity index (χ1) is 16.8. The number of hydrogen-bond donors (Lipinski definition) is 8. The van der Waals surface area contributed by atoms with Gasteiger partial charge in [0.05, 0.1) is 12.6 Å². The number of nitrogens with two attached hydrogens (primary N) is 2. The fourth-order valence-corrected chi connectivity index (χ4v) is 3.24. The van der Waals surface area contributed by atoms with Crippen molar-refractivity contribution in [3.63, 3.8) is 0 Å². The molecule has 1 aromatic carbocycles. The van der Waals surface area contributed by atoms with Crippen molar-refractivity contribution in [2.75, 3.05) is 6.61 Å². The third kappa shape index (κ3) is 10.7. The molecule has 0 heterocycles. The highest BCUT2D eigenvalue weighted by atomic mass is 16.4. The molecular weight excluding hydrogens is 474 g/mol. The summed E-state index contributed by atoms with van der Waals surface area (Å²) in [6, 6.07) is 0.878. The number of primary amides is 1. The van der Waals surface area contributed by atoms with Gasteiger partial charge in [0.15, 0.2) is 0 Å². The molecule has 1 aromatic rings. The Bertz CT molecular complexity index is 922. The third-order valence-electron chi connectivity index (χ3n) is 5.18. The van der Waals surface area contributed by atoms with E-state index in [0.717, 1.165) is 0 Å². The van der Waals surface area contributed by atoms with Crippen molar-refractivity contribution in [1.82, 2.24) is 16.0 Å². The van der Waals surface area contributed by atoms with Gasteiger partial charge in [0.25, 0.3) is 0 Å². The fraction of sp³-hybridized carbons (Fsp3) is 0.522. The van der Waals surface area contributed by atoms with E-state index in [1.165, 1.54) is 12.1 Å². The summed E-state index contributed by atoms with van der Waals surface area (Å²) in [7, 11) is 0. The molecule has 1 rings (SSSR count). The van der Waals surface area contributed by atoms with Gasteiger partial charge in [-0.15, -0.1) is 0 Å². The molecule has 0 aliphatic heterocycles. The van der Waals surface area contributed by atoms with Crippen LogP contribution >= 0.6 is 0 Å². The minimum Gasteiger partial charge on any atom is -0.508 e. The SMILES string of the molecule is CC(C)CC(NC(=O)C(CO)NC(=O)C(CCC(N)=O)NC(=O)C(N)Cc1ccc(O)cc1)C(=O)O. The van der Waals surface area contributed by atoms with E-state index in [1.807, 2.05) is 0 Å². The first-order valence-electron chi connectivity index (χ1n) is 11.4. The quantitative estimate of drug-likeness (QED) is 0.132. The number of aromatic hydroxyl groups is 1. The minimum atomic E-state index is -1.51. The van der Waals surface area contributed by atoms with Gasteiger partial charge >= 0.3 is 5.97 Å². The Balaban J connectivity index is 2.89. The number of phenols is 1. The van der Waals surface area contributed by atoms with Crippen LogP contribution in [0.4, 0.5) is 0 Å².